The molecule has 0 saturated carbocycles. The molecule has 0 radical (unpaired) electrons. The first-order chi connectivity index (χ1) is 33.2. The Morgan fingerprint density at radius 3 is 1.21 bits per heavy atom. The first kappa shape index (κ1) is 39.8. The largest absolute Gasteiger partial charge is 0.310 e. The van der Waals surface area contributed by atoms with Gasteiger partial charge in [-0.05, 0) is 142 Å². The highest BCUT2D eigenvalue weighted by Crippen LogP contribution is 2.46. The van der Waals surface area contributed by atoms with Crippen LogP contribution in [0.5, 0.6) is 0 Å². The Kier molecular flexibility index (Phi) is 10.3. The van der Waals surface area contributed by atoms with Gasteiger partial charge in [-0.2, -0.15) is 0 Å². The summed E-state index contributed by atoms with van der Waals surface area (Å²) in [6.45, 7) is 0. The van der Waals surface area contributed by atoms with Crippen molar-refractivity contribution in [2.45, 2.75) is 0 Å². The van der Waals surface area contributed by atoms with E-state index in [1.54, 1.807) is 0 Å². The Labute approximate surface area is 392 Å². The Bertz CT molecular complexity index is 3720. The van der Waals surface area contributed by atoms with Crippen LogP contribution >= 0.6 is 0 Å². The molecule has 1 heteroatoms. The fourth-order valence-electron chi connectivity index (χ4n) is 9.84. The van der Waals surface area contributed by atoms with Gasteiger partial charge in [0.2, 0.25) is 0 Å². The van der Waals surface area contributed by atoms with Crippen LogP contribution in [-0.2, 0) is 0 Å². The summed E-state index contributed by atoms with van der Waals surface area (Å²) < 4.78 is 0. The second-order valence-corrected chi connectivity index (χ2v) is 17.3. The van der Waals surface area contributed by atoms with Crippen LogP contribution in [0.3, 0.4) is 0 Å². The van der Waals surface area contributed by atoms with Crippen LogP contribution in [-0.4, -0.2) is 0 Å². The number of benzene rings is 12. The molecule has 1 nitrogen and oxygen atoms in total. The van der Waals surface area contributed by atoms with E-state index in [0.29, 0.717) is 0 Å². The number of anilines is 3. The Balaban J connectivity index is 1.02. The molecule has 0 aliphatic carbocycles. The van der Waals surface area contributed by atoms with Crippen molar-refractivity contribution in [3.05, 3.63) is 273 Å². The average Bonchev–Trinajstić information content (AvgIpc) is 3.41. The number of fused-ring (bicyclic) bond motifs is 3. The van der Waals surface area contributed by atoms with Crippen LogP contribution in [0.4, 0.5) is 17.1 Å². The maximum absolute atomic E-state index is 2.45. The van der Waals surface area contributed by atoms with E-state index in [9.17, 15) is 0 Å². The van der Waals surface area contributed by atoms with Gasteiger partial charge in [0.25, 0.3) is 0 Å². The second kappa shape index (κ2) is 17.3. The van der Waals surface area contributed by atoms with Gasteiger partial charge < -0.3 is 4.90 Å². The standard InChI is InChI=1S/C66H45N/c1-2-14-46(15-3-1)53-22-10-23-54(42-53)48-32-37-59(38-33-48)67(60-39-34-49(35-40-60)55-24-11-25-56(43-55)57-31-30-47-16-4-5-19-52(47)44-57)66-45-58(63-28-12-20-50-17-6-8-26-61(50)63)36-41-65(66)64-29-13-21-51-18-7-9-27-62(51)64/h1-45H. The quantitative estimate of drug-likeness (QED) is 0.140. The molecule has 12 rings (SSSR count). The van der Waals surface area contributed by atoms with E-state index in [0.717, 1.165) is 28.2 Å². The predicted molar refractivity (Wildman–Crippen MR) is 286 cm³/mol. The summed E-state index contributed by atoms with van der Waals surface area (Å²) >= 11 is 0. The van der Waals surface area contributed by atoms with E-state index in [4.69, 9.17) is 0 Å². The summed E-state index contributed by atoms with van der Waals surface area (Å²) in [5.41, 5.74) is 17.5. The van der Waals surface area contributed by atoms with E-state index in [1.165, 1.54) is 88.0 Å². The number of hydrogen-bond donors (Lipinski definition) is 0. The van der Waals surface area contributed by atoms with Crippen LogP contribution in [0.1, 0.15) is 0 Å². The lowest BCUT2D eigenvalue weighted by atomic mass is 9.92. The molecule has 12 aromatic rings. The highest BCUT2D eigenvalue weighted by molar-refractivity contribution is 6.04. The van der Waals surface area contributed by atoms with E-state index in [-0.39, 0.29) is 0 Å². The van der Waals surface area contributed by atoms with Crippen LogP contribution in [0.15, 0.2) is 273 Å². The zero-order chi connectivity index (χ0) is 44.5. The average molecular weight is 852 g/mol. The fraction of sp³-hybridized carbons (Fsp3) is 0. The highest BCUT2D eigenvalue weighted by atomic mass is 15.1. The van der Waals surface area contributed by atoms with Crippen molar-refractivity contribution in [2.75, 3.05) is 4.90 Å². The van der Waals surface area contributed by atoms with Crippen molar-refractivity contribution in [1.29, 1.82) is 0 Å². The first-order valence-corrected chi connectivity index (χ1v) is 23.1. The monoisotopic (exact) mass is 851 g/mol. The fourth-order valence-corrected chi connectivity index (χ4v) is 9.84. The molecular formula is C66H45N. The number of nitrogens with zero attached hydrogens (tertiary/aromatic N) is 1. The zero-order valence-corrected chi connectivity index (χ0v) is 36.9. The molecule has 67 heavy (non-hydrogen) atoms. The molecule has 0 aliphatic rings. The number of rotatable bonds is 9. The lowest BCUT2D eigenvalue weighted by Gasteiger charge is -2.29. The smallest absolute Gasteiger partial charge is 0.0546 e. The van der Waals surface area contributed by atoms with Gasteiger partial charge in [0.05, 0.1) is 5.69 Å². The van der Waals surface area contributed by atoms with Crippen LogP contribution < -0.4 is 4.90 Å². The lowest BCUT2D eigenvalue weighted by molar-refractivity contribution is 1.28. The Morgan fingerprint density at radius 1 is 0.194 bits per heavy atom. The van der Waals surface area contributed by atoms with Crippen LogP contribution in [0, 0.1) is 0 Å². The minimum Gasteiger partial charge on any atom is -0.310 e. The predicted octanol–water partition coefficient (Wildman–Crippen LogP) is 18.6. The second-order valence-electron chi connectivity index (χ2n) is 17.3. The van der Waals surface area contributed by atoms with Crippen molar-refractivity contribution in [2.24, 2.45) is 0 Å². The maximum atomic E-state index is 2.45. The van der Waals surface area contributed by atoms with Crippen molar-refractivity contribution in [3.63, 3.8) is 0 Å². The molecule has 0 aromatic heterocycles. The molecule has 0 N–H and O–H groups in total. The van der Waals surface area contributed by atoms with Gasteiger partial charge in [0, 0.05) is 16.9 Å². The molecule has 0 aliphatic heterocycles. The van der Waals surface area contributed by atoms with Gasteiger partial charge >= 0.3 is 0 Å². The summed E-state index contributed by atoms with van der Waals surface area (Å²) in [5.74, 6) is 0. The van der Waals surface area contributed by atoms with E-state index in [2.05, 4.69) is 278 Å². The van der Waals surface area contributed by atoms with Crippen molar-refractivity contribution in [3.8, 4) is 66.8 Å². The molecular weight excluding hydrogens is 807 g/mol. The first-order valence-electron chi connectivity index (χ1n) is 23.1. The third-order valence-corrected chi connectivity index (χ3v) is 13.3. The summed E-state index contributed by atoms with van der Waals surface area (Å²) in [6, 6.07) is 99.6. The van der Waals surface area contributed by atoms with Crippen molar-refractivity contribution >= 4 is 49.4 Å². The topological polar surface area (TPSA) is 3.24 Å². The molecule has 314 valence electrons. The van der Waals surface area contributed by atoms with Gasteiger partial charge in [-0.3, -0.25) is 0 Å². The normalized spacial score (nSPS) is 11.3. The summed E-state index contributed by atoms with van der Waals surface area (Å²) in [4.78, 5) is 2.45. The van der Waals surface area contributed by atoms with Gasteiger partial charge in [0.1, 0.15) is 0 Å². The number of hydrogen-bond acceptors (Lipinski definition) is 1. The lowest BCUT2D eigenvalue weighted by Crippen LogP contribution is -2.11. The van der Waals surface area contributed by atoms with E-state index in [1.807, 2.05) is 0 Å². The molecule has 0 heterocycles. The molecule has 0 saturated heterocycles. The van der Waals surface area contributed by atoms with Crippen LogP contribution in [0.2, 0.25) is 0 Å². The molecule has 12 aromatic carbocycles. The van der Waals surface area contributed by atoms with Crippen molar-refractivity contribution < 1.29 is 0 Å². The SMILES string of the molecule is c1ccc(-c2cccc(-c3ccc(N(c4ccc(-c5cccc(-c6ccc7ccccc7c6)c5)cc4)c4cc(-c5cccc6ccccc56)ccc4-c4cccc5ccccc45)cc3)c2)cc1. The molecule has 0 atom stereocenters. The van der Waals surface area contributed by atoms with Crippen LogP contribution in [0.25, 0.3) is 99.1 Å². The third kappa shape index (κ3) is 7.73. The molecule has 0 fully saturated rings. The van der Waals surface area contributed by atoms with Gasteiger partial charge in [-0.25, -0.2) is 0 Å². The molecule has 0 spiro atoms. The van der Waals surface area contributed by atoms with E-state index >= 15 is 0 Å². The Morgan fingerprint density at radius 2 is 0.597 bits per heavy atom. The maximum Gasteiger partial charge on any atom is 0.0546 e. The third-order valence-electron chi connectivity index (χ3n) is 13.3. The van der Waals surface area contributed by atoms with E-state index < -0.39 is 0 Å². The zero-order valence-electron chi connectivity index (χ0n) is 36.9. The minimum absolute atomic E-state index is 1.07. The molecule has 0 unspecified atom stereocenters. The summed E-state index contributed by atoms with van der Waals surface area (Å²) in [6.07, 6.45) is 0. The van der Waals surface area contributed by atoms with Crippen molar-refractivity contribution in [1.82, 2.24) is 0 Å². The van der Waals surface area contributed by atoms with Gasteiger partial charge in [-0.1, -0.05) is 224 Å². The molecule has 0 amide bonds. The summed E-state index contributed by atoms with van der Waals surface area (Å²) in [5, 5.41) is 7.39. The Hall–Kier alpha value is -8.78. The minimum atomic E-state index is 1.07. The summed E-state index contributed by atoms with van der Waals surface area (Å²) in [7, 11) is 0. The van der Waals surface area contributed by atoms with Gasteiger partial charge in [0.15, 0.2) is 0 Å². The highest BCUT2D eigenvalue weighted by Gasteiger charge is 2.21. The molecule has 0 bridgehead atoms. The van der Waals surface area contributed by atoms with Gasteiger partial charge in [-0.15, -0.1) is 0 Å².